The molecular weight excluding hydrogens is 445 g/mol. The molecule has 3 rings (SSSR count). The maximum Gasteiger partial charge on any atom is 0.417 e. The number of anilines is 1. The van der Waals surface area contributed by atoms with Gasteiger partial charge in [0.2, 0.25) is 5.71 Å². The highest BCUT2D eigenvalue weighted by Crippen LogP contribution is 2.40. The standard InChI is InChI=1S/C30H35F3N2/c1-5-7-17-34-27-15-13-23(19-21(27)3)29(25-11-9-10-12-26(25)30(31,32)33)24-14-16-28(22(4)20-24)35-18-8-6-2/h9-16,19-20,34H,5-8,17-18H2,1-4H3/p+1/b29-24-,35-28?. The summed E-state index contributed by atoms with van der Waals surface area (Å²) >= 11 is 0. The molecule has 2 N–H and O–H groups in total. The van der Waals surface area contributed by atoms with Gasteiger partial charge in [0.05, 0.1) is 5.56 Å². The molecule has 0 amide bonds. The second-order valence-corrected chi connectivity index (χ2v) is 9.04. The molecule has 0 spiro atoms. The van der Waals surface area contributed by atoms with Crippen molar-refractivity contribution in [2.45, 2.75) is 59.6 Å². The lowest BCUT2D eigenvalue weighted by Crippen LogP contribution is -2.73. The van der Waals surface area contributed by atoms with Gasteiger partial charge in [-0.15, -0.1) is 0 Å². The van der Waals surface area contributed by atoms with Crippen LogP contribution in [-0.2, 0) is 6.18 Å². The minimum Gasteiger partial charge on any atom is -0.385 e. The summed E-state index contributed by atoms with van der Waals surface area (Å²) in [5.41, 5.74) is 5.74. The number of allylic oxidation sites excluding steroid dienone is 5. The predicted octanol–water partition coefficient (Wildman–Crippen LogP) is 6.87. The van der Waals surface area contributed by atoms with Gasteiger partial charge in [-0.2, -0.15) is 13.2 Å². The van der Waals surface area contributed by atoms with E-state index in [0.29, 0.717) is 5.57 Å². The minimum atomic E-state index is -4.45. The number of rotatable bonds is 9. The number of hydrogen-bond acceptors (Lipinski definition) is 1. The molecule has 1 aliphatic carbocycles. The van der Waals surface area contributed by atoms with Crippen LogP contribution in [0.1, 0.15) is 68.7 Å². The molecule has 0 unspecified atom stereocenters. The fourth-order valence-corrected chi connectivity index (χ4v) is 4.26. The first-order valence-corrected chi connectivity index (χ1v) is 12.5. The third-order valence-electron chi connectivity index (χ3n) is 6.22. The summed E-state index contributed by atoms with van der Waals surface area (Å²) in [6.07, 6.45) is 5.76. The van der Waals surface area contributed by atoms with Crippen LogP contribution < -0.4 is 10.3 Å². The zero-order chi connectivity index (χ0) is 25.4. The molecule has 0 radical (unpaired) electrons. The van der Waals surface area contributed by atoms with Crippen molar-refractivity contribution >= 4 is 17.0 Å². The Morgan fingerprint density at radius 2 is 1.69 bits per heavy atom. The molecule has 0 aromatic heterocycles. The van der Waals surface area contributed by atoms with Crippen LogP contribution in [0, 0.1) is 6.92 Å². The number of aryl methyl sites for hydroxylation is 1. The van der Waals surface area contributed by atoms with Gasteiger partial charge in [0.1, 0.15) is 6.54 Å². The number of unbranched alkanes of at least 4 members (excludes halogenated alkanes) is 2. The lowest BCUT2D eigenvalue weighted by atomic mass is 9.86. The Hall–Kier alpha value is -3.08. The van der Waals surface area contributed by atoms with Crippen LogP contribution in [0.25, 0.3) is 5.57 Å². The highest BCUT2D eigenvalue weighted by molar-refractivity contribution is 6.07. The summed E-state index contributed by atoms with van der Waals surface area (Å²) in [5.74, 6) is 0. The SMILES string of the molecule is CCCCNc1ccc(/C(=C2\C=CC(=[NH+]CCCC)C(C)=C2)c2ccccc2C(F)(F)F)cc1C. The summed E-state index contributed by atoms with van der Waals surface area (Å²) in [6.45, 7) is 10.0. The van der Waals surface area contributed by atoms with E-state index >= 15 is 0 Å². The molecule has 0 aliphatic heterocycles. The predicted molar refractivity (Wildman–Crippen MR) is 141 cm³/mol. The fraction of sp³-hybridized carbons (Fsp3) is 0.367. The molecule has 5 heteroatoms. The Morgan fingerprint density at radius 1 is 0.943 bits per heavy atom. The van der Waals surface area contributed by atoms with E-state index in [1.807, 2.05) is 50.3 Å². The highest BCUT2D eigenvalue weighted by atomic mass is 19.4. The van der Waals surface area contributed by atoms with E-state index in [4.69, 9.17) is 0 Å². The largest absolute Gasteiger partial charge is 0.417 e. The average Bonchev–Trinajstić information content (AvgIpc) is 2.82. The van der Waals surface area contributed by atoms with Crippen molar-refractivity contribution in [1.29, 1.82) is 0 Å². The maximum atomic E-state index is 14.0. The third kappa shape index (κ3) is 6.74. The molecule has 0 saturated heterocycles. The monoisotopic (exact) mass is 481 g/mol. The third-order valence-corrected chi connectivity index (χ3v) is 6.22. The van der Waals surface area contributed by atoms with Gasteiger partial charge in [0.15, 0.2) is 0 Å². The van der Waals surface area contributed by atoms with E-state index in [-0.39, 0.29) is 5.56 Å². The second-order valence-electron chi connectivity index (χ2n) is 9.04. The van der Waals surface area contributed by atoms with E-state index < -0.39 is 11.7 Å². The van der Waals surface area contributed by atoms with E-state index in [2.05, 4.69) is 24.2 Å². The van der Waals surface area contributed by atoms with Crippen LogP contribution in [0.3, 0.4) is 0 Å². The molecule has 0 bridgehead atoms. The Morgan fingerprint density at radius 3 is 2.34 bits per heavy atom. The number of hydrogen-bond donors (Lipinski definition) is 2. The fourth-order valence-electron chi connectivity index (χ4n) is 4.26. The molecular formula is C30H36F3N2+. The molecule has 186 valence electrons. The second kappa shape index (κ2) is 12.1. The Bertz CT molecular complexity index is 1150. The van der Waals surface area contributed by atoms with Gasteiger partial charge in [0, 0.05) is 30.3 Å². The molecule has 0 fully saturated rings. The molecule has 2 nitrogen and oxygen atoms in total. The highest BCUT2D eigenvalue weighted by Gasteiger charge is 2.34. The van der Waals surface area contributed by atoms with Gasteiger partial charge in [0.25, 0.3) is 0 Å². The molecule has 0 atom stereocenters. The molecule has 1 aliphatic rings. The molecule has 2 aromatic carbocycles. The van der Waals surface area contributed by atoms with Crippen molar-refractivity contribution in [3.63, 3.8) is 0 Å². The van der Waals surface area contributed by atoms with Crippen LogP contribution >= 0.6 is 0 Å². The van der Waals surface area contributed by atoms with Crippen molar-refractivity contribution in [3.8, 4) is 0 Å². The van der Waals surface area contributed by atoms with Crippen molar-refractivity contribution in [2.24, 2.45) is 0 Å². The summed E-state index contributed by atoms with van der Waals surface area (Å²) in [6, 6.07) is 11.7. The average molecular weight is 482 g/mol. The number of alkyl halides is 3. The van der Waals surface area contributed by atoms with Crippen molar-refractivity contribution in [2.75, 3.05) is 18.4 Å². The van der Waals surface area contributed by atoms with Gasteiger partial charge in [-0.1, -0.05) is 51.0 Å². The minimum absolute atomic E-state index is 0.192. The smallest absolute Gasteiger partial charge is 0.385 e. The molecule has 35 heavy (non-hydrogen) atoms. The first-order chi connectivity index (χ1) is 16.8. The molecule has 0 heterocycles. The van der Waals surface area contributed by atoms with Gasteiger partial charge in [-0.05, 0) is 78.5 Å². The van der Waals surface area contributed by atoms with E-state index in [1.165, 1.54) is 6.07 Å². The van der Waals surface area contributed by atoms with Crippen LogP contribution in [0.5, 0.6) is 0 Å². The molecule has 2 aromatic rings. The van der Waals surface area contributed by atoms with Crippen molar-refractivity contribution < 1.29 is 18.2 Å². The van der Waals surface area contributed by atoms with Crippen LogP contribution in [0.15, 0.2) is 71.8 Å². The van der Waals surface area contributed by atoms with Gasteiger partial charge in [-0.3, -0.25) is 0 Å². The topological polar surface area (TPSA) is 26.0 Å². The Kier molecular flexibility index (Phi) is 9.13. The van der Waals surface area contributed by atoms with Crippen molar-refractivity contribution in [1.82, 2.24) is 0 Å². The van der Waals surface area contributed by atoms with E-state index in [1.54, 1.807) is 12.1 Å². The van der Waals surface area contributed by atoms with E-state index in [9.17, 15) is 13.2 Å². The summed E-state index contributed by atoms with van der Waals surface area (Å²) in [5, 5.41) is 3.44. The lowest BCUT2D eigenvalue weighted by Gasteiger charge is -2.20. The lowest BCUT2D eigenvalue weighted by molar-refractivity contribution is -0.456. The van der Waals surface area contributed by atoms with E-state index in [0.717, 1.165) is 78.5 Å². The summed E-state index contributed by atoms with van der Waals surface area (Å²) in [4.78, 5) is 3.44. The summed E-state index contributed by atoms with van der Waals surface area (Å²) < 4.78 is 42.1. The Balaban J connectivity index is 2.16. The zero-order valence-electron chi connectivity index (χ0n) is 21.2. The maximum absolute atomic E-state index is 14.0. The van der Waals surface area contributed by atoms with Crippen LogP contribution in [-0.4, -0.2) is 18.8 Å². The zero-order valence-corrected chi connectivity index (χ0v) is 21.2. The molecule has 0 saturated carbocycles. The normalized spacial score (nSPS) is 16.4. The van der Waals surface area contributed by atoms with Gasteiger partial charge in [-0.25, -0.2) is 4.99 Å². The number of nitrogens with one attached hydrogen (secondary N) is 2. The first-order valence-electron chi connectivity index (χ1n) is 12.5. The quantitative estimate of drug-likeness (QED) is 0.376. The van der Waals surface area contributed by atoms with Gasteiger partial charge >= 0.3 is 6.18 Å². The van der Waals surface area contributed by atoms with Crippen LogP contribution in [0.2, 0.25) is 0 Å². The van der Waals surface area contributed by atoms with Crippen molar-refractivity contribution in [3.05, 3.63) is 94.1 Å². The summed E-state index contributed by atoms with van der Waals surface area (Å²) in [7, 11) is 0. The number of halogens is 3. The number of benzene rings is 2. The Labute approximate surface area is 207 Å². The van der Waals surface area contributed by atoms with Gasteiger partial charge < -0.3 is 5.32 Å². The first kappa shape index (κ1) is 26.5. The van der Waals surface area contributed by atoms with Crippen LogP contribution in [0.4, 0.5) is 18.9 Å².